The van der Waals surface area contributed by atoms with E-state index in [0.717, 1.165) is 18.5 Å². The molecule has 3 unspecified atom stereocenters. The highest BCUT2D eigenvalue weighted by Crippen LogP contribution is 2.31. The summed E-state index contributed by atoms with van der Waals surface area (Å²) in [4.78, 5) is 5.24. The third-order valence-corrected chi connectivity index (χ3v) is 5.29. The molecule has 3 heteroatoms. The minimum Gasteiger partial charge on any atom is -0.324 e. The van der Waals surface area contributed by atoms with Crippen LogP contribution in [0.4, 0.5) is 0 Å². The quantitative estimate of drug-likeness (QED) is 0.848. The molecular formula is C16H33N3. The van der Waals surface area contributed by atoms with Gasteiger partial charge in [-0.05, 0) is 32.1 Å². The van der Waals surface area contributed by atoms with Gasteiger partial charge < -0.3 is 5.73 Å². The van der Waals surface area contributed by atoms with E-state index in [-0.39, 0.29) is 5.54 Å². The van der Waals surface area contributed by atoms with Gasteiger partial charge in [0.05, 0.1) is 0 Å². The lowest BCUT2D eigenvalue weighted by atomic mass is 9.76. The number of nitrogens with zero attached hydrogens (tertiary/aromatic N) is 2. The highest BCUT2D eigenvalue weighted by Gasteiger charge is 2.33. The second-order valence-corrected chi connectivity index (χ2v) is 7.13. The Hall–Kier alpha value is -0.120. The first-order valence-electron chi connectivity index (χ1n) is 8.28. The summed E-state index contributed by atoms with van der Waals surface area (Å²) >= 11 is 0. The molecule has 2 fully saturated rings. The van der Waals surface area contributed by atoms with Gasteiger partial charge in [-0.15, -0.1) is 0 Å². The summed E-state index contributed by atoms with van der Waals surface area (Å²) < 4.78 is 0. The first kappa shape index (κ1) is 15.3. The lowest BCUT2D eigenvalue weighted by Crippen LogP contribution is -2.57. The highest BCUT2D eigenvalue weighted by atomic mass is 15.3. The van der Waals surface area contributed by atoms with Crippen molar-refractivity contribution in [3.8, 4) is 0 Å². The Morgan fingerprint density at radius 3 is 2.53 bits per heavy atom. The van der Waals surface area contributed by atoms with Crippen LogP contribution < -0.4 is 5.73 Å². The zero-order valence-electron chi connectivity index (χ0n) is 13.2. The summed E-state index contributed by atoms with van der Waals surface area (Å²) in [6.45, 7) is 13.0. The van der Waals surface area contributed by atoms with Crippen molar-refractivity contribution in [3.05, 3.63) is 0 Å². The zero-order chi connectivity index (χ0) is 13.9. The van der Waals surface area contributed by atoms with Gasteiger partial charge in [0.2, 0.25) is 0 Å². The molecule has 0 spiro atoms. The van der Waals surface area contributed by atoms with Crippen molar-refractivity contribution in [3.63, 3.8) is 0 Å². The van der Waals surface area contributed by atoms with Crippen molar-refractivity contribution in [2.45, 2.75) is 64.5 Å². The Morgan fingerprint density at radius 2 is 1.95 bits per heavy atom. The number of hydrogen-bond acceptors (Lipinski definition) is 3. The van der Waals surface area contributed by atoms with Crippen molar-refractivity contribution in [2.75, 3.05) is 32.7 Å². The lowest BCUT2D eigenvalue weighted by Gasteiger charge is -2.44. The molecule has 19 heavy (non-hydrogen) atoms. The van der Waals surface area contributed by atoms with Gasteiger partial charge >= 0.3 is 0 Å². The maximum atomic E-state index is 6.65. The molecule has 2 N–H and O–H groups in total. The van der Waals surface area contributed by atoms with Crippen molar-refractivity contribution < 1.29 is 0 Å². The molecule has 2 rings (SSSR count). The maximum Gasteiger partial charge on any atom is 0.0285 e. The zero-order valence-corrected chi connectivity index (χ0v) is 13.2. The van der Waals surface area contributed by atoms with E-state index in [9.17, 15) is 0 Å². The van der Waals surface area contributed by atoms with E-state index < -0.39 is 0 Å². The maximum absolute atomic E-state index is 6.65. The average Bonchev–Trinajstić information content (AvgIpc) is 2.38. The summed E-state index contributed by atoms with van der Waals surface area (Å²) in [6, 6.07) is 0.740. The first-order valence-corrected chi connectivity index (χ1v) is 8.28. The van der Waals surface area contributed by atoms with Crippen LogP contribution in [0.15, 0.2) is 0 Å². The van der Waals surface area contributed by atoms with Crippen molar-refractivity contribution in [1.29, 1.82) is 0 Å². The molecular weight excluding hydrogens is 234 g/mol. The molecule has 0 aromatic heterocycles. The third kappa shape index (κ3) is 4.17. The van der Waals surface area contributed by atoms with Gasteiger partial charge in [-0.25, -0.2) is 0 Å². The van der Waals surface area contributed by atoms with Gasteiger partial charge in [0.25, 0.3) is 0 Å². The summed E-state index contributed by atoms with van der Waals surface area (Å²) in [5.41, 5.74) is 6.74. The van der Waals surface area contributed by atoms with Gasteiger partial charge in [0.1, 0.15) is 0 Å². The van der Waals surface area contributed by atoms with Gasteiger partial charge in [-0.2, -0.15) is 0 Å². The summed E-state index contributed by atoms with van der Waals surface area (Å²) in [6.07, 6.45) is 6.41. The molecule has 1 aliphatic carbocycles. The summed E-state index contributed by atoms with van der Waals surface area (Å²) in [7, 11) is 0. The predicted molar refractivity (Wildman–Crippen MR) is 82.3 cm³/mol. The number of nitrogens with two attached hydrogens (primary N) is 1. The monoisotopic (exact) mass is 267 g/mol. The van der Waals surface area contributed by atoms with Crippen molar-refractivity contribution in [1.82, 2.24) is 9.80 Å². The van der Waals surface area contributed by atoms with Crippen LogP contribution in [0.5, 0.6) is 0 Å². The molecule has 0 aromatic rings. The third-order valence-electron chi connectivity index (χ3n) is 5.29. The van der Waals surface area contributed by atoms with E-state index >= 15 is 0 Å². The molecule has 0 aromatic carbocycles. The number of hydrogen-bond donors (Lipinski definition) is 1. The van der Waals surface area contributed by atoms with Crippen molar-refractivity contribution >= 4 is 0 Å². The number of rotatable bonds is 4. The molecule has 3 nitrogen and oxygen atoms in total. The van der Waals surface area contributed by atoms with Crippen LogP contribution >= 0.6 is 0 Å². The van der Waals surface area contributed by atoms with E-state index in [0.29, 0.717) is 0 Å². The Labute approximate surface area is 119 Å². The molecule has 0 amide bonds. The second kappa shape index (κ2) is 6.55. The van der Waals surface area contributed by atoms with Crippen LogP contribution in [-0.2, 0) is 0 Å². The normalized spacial score (nSPS) is 36.3. The Kier molecular flexibility index (Phi) is 5.27. The van der Waals surface area contributed by atoms with Gasteiger partial charge in [-0.1, -0.05) is 26.7 Å². The van der Waals surface area contributed by atoms with Gasteiger partial charge in [0, 0.05) is 44.3 Å². The first-order chi connectivity index (χ1) is 9.02. The fraction of sp³-hybridized carbons (Fsp3) is 1.00. The highest BCUT2D eigenvalue weighted by molar-refractivity contribution is 4.93. The minimum atomic E-state index is 0.0935. The van der Waals surface area contributed by atoms with Crippen LogP contribution in [0.1, 0.15) is 52.9 Å². The van der Waals surface area contributed by atoms with Gasteiger partial charge in [0.15, 0.2) is 0 Å². The Morgan fingerprint density at radius 1 is 1.26 bits per heavy atom. The Bertz CT molecular complexity index is 273. The fourth-order valence-electron chi connectivity index (χ4n) is 3.91. The number of piperazine rings is 1. The molecule has 112 valence electrons. The topological polar surface area (TPSA) is 32.5 Å². The van der Waals surface area contributed by atoms with E-state index in [1.165, 1.54) is 58.3 Å². The summed E-state index contributed by atoms with van der Waals surface area (Å²) in [5, 5.41) is 0. The smallest absolute Gasteiger partial charge is 0.0285 e. The van der Waals surface area contributed by atoms with Crippen LogP contribution in [0, 0.1) is 5.92 Å². The fourth-order valence-corrected chi connectivity index (χ4v) is 3.91. The minimum absolute atomic E-state index is 0.0935. The van der Waals surface area contributed by atoms with E-state index in [4.69, 9.17) is 5.73 Å². The SMILES string of the molecule is CCC(C)N1CCN(CC2(N)CCCC(C)C2)CC1. The lowest BCUT2D eigenvalue weighted by molar-refractivity contribution is 0.0720. The van der Waals surface area contributed by atoms with Crippen LogP contribution in [0.25, 0.3) is 0 Å². The van der Waals surface area contributed by atoms with Crippen LogP contribution in [0.3, 0.4) is 0 Å². The van der Waals surface area contributed by atoms with Crippen LogP contribution in [-0.4, -0.2) is 54.1 Å². The molecule has 1 saturated heterocycles. The van der Waals surface area contributed by atoms with Crippen molar-refractivity contribution in [2.24, 2.45) is 11.7 Å². The largest absolute Gasteiger partial charge is 0.324 e. The Balaban J connectivity index is 1.79. The predicted octanol–water partition coefficient (Wildman–Crippen LogP) is 2.31. The average molecular weight is 267 g/mol. The molecule has 0 radical (unpaired) electrons. The summed E-state index contributed by atoms with van der Waals surface area (Å²) in [5.74, 6) is 0.820. The molecule has 0 bridgehead atoms. The molecule has 1 saturated carbocycles. The molecule has 1 aliphatic heterocycles. The van der Waals surface area contributed by atoms with E-state index in [2.05, 4.69) is 30.6 Å². The van der Waals surface area contributed by atoms with E-state index in [1.54, 1.807) is 0 Å². The molecule has 2 aliphatic rings. The van der Waals surface area contributed by atoms with Gasteiger partial charge in [-0.3, -0.25) is 9.80 Å². The second-order valence-electron chi connectivity index (χ2n) is 7.13. The van der Waals surface area contributed by atoms with E-state index in [1.807, 2.05) is 0 Å². The standard InChI is InChI=1S/C16H33N3/c1-4-15(3)19-10-8-18(9-11-19)13-16(17)7-5-6-14(2)12-16/h14-15H,4-13,17H2,1-3H3. The molecule has 3 atom stereocenters. The van der Waals surface area contributed by atoms with Crippen LogP contribution in [0.2, 0.25) is 0 Å². The molecule has 1 heterocycles.